The van der Waals surface area contributed by atoms with Crippen LogP contribution in [0.3, 0.4) is 0 Å². The van der Waals surface area contributed by atoms with Gasteiger partial charge >= 0.3 is 0 Å². The molecule has 98 valence electrons. The Morgan fingerprint density at radius 3 is 2.53 bits per heavy atom. The van der Waals surface area contributed by atoms with Gasteiger partial charge in [0, 0.05) is 26.2 Å². The fourth-order valence-corrected chi connectivity index (χ4v) is 2.96. The second-order valence-electron chi connectivity index (χ2n) is 5.55. The van der Waals surface area contributed by atoms with Crippen molar-refractivity contribution in [3.05, 3.63) is 0 Å². The van der Waals surface area contributed by atoms with Crippen molar-refractivity contribution in [2.24, 2.45) is 11.8 Å². The molecule has 0 aromatic carbocycles. The molecule has 2 heterocycles. The summed E-state index contributed by atoms with van der Waals surface area (Å²) in [6.45, 7) is 3.98. The zero-order valence-corrected chi connectivity index (χ0v) is 10.8. The number of aliphatic hydroxyl groups is 1. The van der Waals surface area contributed by atoms with Gasteiger partial charge in [0.2, 0.25) is 5.91 Å². The largest absolute Gasteiger partial charge is 0.396 e. The van der Waals surface area contributed by atoms with Crippen molar-refractivity contribution in [1.29, 1.82) is 0 Å². The molecule has 2 saturated heterocycles. The highest BCUT2D eigenvalue weighted by Gasteiger charge is 2.30. The summed E-state index contributed by atoms with van der Waals surface area (Å²) < 4.78 is 0. The van der Waals surface area contributed by atoms with Crippen LogP contribution in [-0.4, -0.2) is 60.6 Å². The van der Waals surface area contributed by atoms with Gasteiger partial charge in [0.05, 0.1) is 5.92 Å². The average Bonchev–Trinajstić information content (AvgIpc) is 2.38. The quantitative estimate of drug-likeness (QED) is 0.767. The Kier molecular flexibility index (Phi) is 4.40. The van der Waals surface area contributed by atoms with Crippen molar-refractivity contribution in [3.63, 3.8) is 0 Å². The number of amides is 1. The smallest absolute Gasteiger partial charge is 0.226 e. The number of piperidine rings is 2. The normalized spacial score (nSPS) is 28.4. The van der Waals surface area contributed by atoms with Gasteiger partial charge in [-0.25, -0.2) is 0 Å². The third-order valence-corrected chi connectivity index (χ3v) is 4.16. The third kappa shape index (κ3) is 3.19. The fourth-order valence-electron chi connectivity index (χ4n) is 2.96. The molecule has 0 aromatic rings. The van der Waals surface area contributed by atoms with Gasteiger partial charge in [0.15, 0.2) is 0 Å². The average molecular weight is 240 g/mol. The maximum atomic E-state index is 12.3. The summed E-state index contributed by atoms with van der Waals surface area (Å²) in [7, 11) is 2.09. The molecule has 0 saturated carbocycles. The summed E-state index contributed by atoms with van der Waals surface area (Å²) in [5, 5.41) is 9.09. The second-order valence-corrected chi connectivity index (χ2v) is 5.55. The number of carbonyl (C=O) groups is 1. The summed E-state index contributed by atoms with van der Waals surface area (Å²) in [5.74, 6) is 0.959. The SMILES string of the molecule is CN1CCCC(C(=O)N2CCC(CO)CC2)C1. The van der Waals surface area contributed by atoms with Gasteiger partial charge in [-0.1, -0.05) is 0 Å². The molecule has 4 nitrogen and oxygen atoms in total. The Morgan fingerprint density at radius 2 is 1.94 bits per heavy atom. The topological polar surface area (TPSA) is 43.8 Å². The van der Waals surface area contributed by atoms with E-state index in [4.69, 9.17) is 5.11 Å². The molecular weight excluding hydrogens is 216 g/mol. The van der Waals surface area contributed by atoms with Gasteiger partial charge in [-0.15, -0.1) is 0 Å². The van der Waals surface area contributed by atoms with Crippen LogP contribution >= 0.6 is 0 Å². The maximum Gasteiger partial charge on any atom is 0.226 e. The Labute approximate surface area is 104 Å². The zero-order valence-electron chi connectivity index (χ0n) is 10.8. The highest BCUT2D eigenvalue weighted by Crippen LogP contribution is 2.22. The van der Waals surface area contributed by atoms with Crippen molar-refractivity contribution in [1.82, 2.24) is 9.80 Å². The molecule has 4 heteroatoms. The molecule has 1 amide bonds. The number of hydrogen-bond acceptors (Lipinski definition) is 3. The summed E-state index contributed by atoms with van der Waals surface area (Å²) >= 11 is 0. The van der Waals surface area contributed by atoms with E-state index in [1.807, 2.05) is 4.90 Å². The van der Waals surface area contributed by atoms with Gasteiger partial charge in [-0.2, -0.15) is 0 Å². The monoisotopic (exact) mass is 240 g/mol. The lowest BCUT2D eigenvalue weighted by atomic mass is 9.93. The first-order chi connectivity index (χ1) is 8.20. The van der Waals surface area contributed by atoms with E-state index in [1.165, 1.54) is 0 Å². The van der Waals surface area contributed by atoms with Gasteiger partial charge in [-0.05, 0) is 45.2 Å². The molecule has 2 rings (SSSR count). The highest BCUT2D eigenvalue weighted by molar-refractivity contribution is 5.79. The minimum atomic E-state index is 0.208. The third-order valence-electron chi connectivity index (χ3n) is 4.16. The molecule has 2 aliphatic heterocycles. The lowest BCUT2D eigenvalue weighted by molar-refractivity contribution is -0.138. The number of nitrogens with zero attached hydrogens (tertiary/aromatic N) is 2. The van der Waals surface area contributed by atoms with Crippen LogP contribution in [0.1, 0.15) is 25.7 Å². The van der Waals surface area contributed by atoms with Crippen molar-refractivity contribution in [2.75, 3.05) is 39.8 Å². The fraction of sp³-hybridized carbons (Fsp3) is 0.923. The first kappa shape index (κ1) is 12.8. The van der Waals surface area contributed by atoms with Crippen LogP contribution < -0.4 is 0 Å². The molecule has 0 spiro atoms. The number of likely N-dealkylation sites (tertiary alicyclic amines) is 2. The van der Waals surface area contributed by atoms with Gasteiger partial charge in [0.1, 0.15) is 0 Å². The van der Waals surface area contributed by atoms with Crippen molar-refractivity contribution >= 4 is 5.91 Å². The molecule has 1 N–H and O–H groups in total. The minimum absolute atomic E-state index is 0.208. The Bertz CT molecular complexity index is 262. The maximum absolute atomic E-state index is 12.3. The zero-order chi connectivity index (χ0) is 12.3. The summed E-state index contributed by atoms with van der Waals surface area (Å²) in [5.41, 5.74) is 0. The first-order valence-electron chi connectivity index (χ1n) is 6.79. The molecule has 1 unspecified atom stereocenters. The highest BCUT2D eigenvalue weighted by atomic mass is 16.3. The molecule has 17 heavy (non-hydrogen) atoms. The molecule has 0 aliphatic carbocycles. The van der Waals surface area contributed by atoms with E-state index in [9.17, 15) is 4.79 Å². The van der Waals surface area contributed by atoms with Crippen LogP contribution in [-0.2, 0) is 4.79 Å². The van der Waals surface area contributed by atoms with Gasteiger partial charge in [-0.3, -0.25) is 4.79 Å². The van der Waals surface area contributed by atoms with E-state index in [1.54, 1.807) is 0 Å². The van der Waals surface area contributed by atoms with E-state index in [0.717, 1.165) is 51.9 Å². The standard InChI is InChI=1S/C13H24N2O2/c1-14-6-2-3-12(9-14)13(17)15-7-4-11(10-16)5-8-15/h11-12,16H,2-10H2,1H3. The van der Waals surface area contributed by atoms with Crippen LogP contribution in [0.5, 0.6) is 0 Å². The van der Waals surface area contributed by atoms with Crippen LogP contribution in [0.4, 0.5) is 0 Å². The van der Waals surface area contributed by atoms with E-state index < -0.39 is 0 Å². The van der Waals surface area contributed by atoms with Crippen molar-refractivity contribution in [2.45, 2.75) is 25.7 Å². The van der Waals surface area contributed by atoms with Gasteiger partial charge in [0.25, 0.3) is 0 Å². The lowest BCUT2D eigenvalue weighted by Crippen LogP contribution is -2.46. The van der Waals surface area contributed by atoms with Crippen LogP contribution in [0.2, 0.25) is 0 Å². The van der Waals surface area contributed by atoms with Crippen LogP contribution in [0, 0.1) is 11.8 Å². The number of carbonyl (C=O) groups excluding carboxylic acids is 1. The molecule has 2 fully saturated rings. The molecule has 0 bridgehead atoms. The van der Waals surface area contributed by atoms with E-state index >= 15 is 0 Å². The molecule has 2 aliphatic rings. The predicted octanol–water partition coefficient (Wildman–Crippen LogP) is 0.559. The van der Waals surface area contributed by atoms with Crippen LogP contribution in [0.25, 0.3) is 0 Å². The van der Waals surface area contributed by atoms with E-state index in [2.05, 4.69) is 11.9 Å². The number of rotatable bonds is 2. The Balaban J connectivity index is 1.83. The first-order valence-corrected chi connectivity index (χ1v) is 6.79. The van der Waals surface area contributed by atoms with E-state index in [-0.39, 0.29) is 12.5 Å². The molecule has 1 atom stereocenters. The predicted molar refractivity (Wildman–Crippen MR) is 66.6 cm³/mol. The summed E-state index contributed by atoms with van der Waals surface area (Å²) in [6.07, 6.45) is 4.11. The van der Waals surface area contributed by atoms with Crippen molar-refractivity contribution < 1.29 is 9.90 Å². The Morgan fingerprint density at radius 1 is 1.24 bits per heavy atom. The molecule has 0 aromatic heterocycles. The molecule has 0 radical (unpaired) electrons. The summed E-state index contributed by atoms with van der Waals surface area (Å²) in [4.78, 5) is 16.6. The van der Waals surface area contributed by atoms with E-state index in [0.29, 0.717) is 11.8 Å². The van der Waals surface area contributed by atoms with Crippen molar-refractivity contribution in [3.8, 4) is 0 Å². The minimum Gasteiger partial charge on any atom is -0.396 e. The van der Waals surface area contributed by atoms with Crippen LogP contribution in [0.15, 0.2) is 0 Å². The van der Waals surface area contributed by atoms with Gasteiger partial charge < -0.3 is 14.9 Å². The number of aliphatic hydroxyl groups excluding tert-OH is 1. The Hall–Kier alpha value is -0.610. The number of hydrogen-bond donors (Lipinski definition) is 1. The molecular formula is C13H24N2O2. The summed E-state index contributed by atoms with van der Waals surface area (Å²) in [6, 6.07) is 0. The lowest BCUT2D eigenvalue weighted by Gasteiger charge is -2.36. The second kappa shape index (κ2) is 5.83.